The number of carbonyl (C=O) groups is 2. The number of hydrogen-bond donors (Lipinski definition) is 1. The predicted octanol–water partition coefficient (Wildman–Crippen LogP) is 1.64. The van der Waals surface area contributed by atoms with Crippen molar-refractivity contribution in [1.82, 2.24) is 15.1 Å². The summed E-state index contributed by atoms with van der Waals surface area (Å²) in [5.41, 5.74) is 0.0538. The van der Waals surface area contributed by atoms with Crippen molar-refractivity contribution < 1.29 is 18.4 Å². The molecule has 0 saturated carbocycles. The lowest BCUT2D eigenvalue weighted by Crippen LogP contribution is -2.50. The van der Waals surface area contributed by atoms with E-state index in [2.05, 4.69) is 5.32 Å². The molecule has 0 spiro atoms. The molecule has 0 aliphatic carbocycles. The van der Waals surface area contributed by atoms with Gasteiger partial charge in [0.2, 0.25) is 5.91 Å². The summed E-state index contributed by atoms with van der Waals surface area (Å²) in [5.74, 6) is -2.64. The highest BCUT2D eigenvalue weighted by Crippen LogP contribution is 2.12. The number of hydrogen-bond acceptors (Lipinski definition) is 3. The minimum absolute atomic E-state index is 0.0438. The zero-order valence-corrected chi connectivity index (χ0v) is 13.9. The number of piperazine rings is 1. The molecule has 5 nitrogen and oxygen atoms in total. The number of halogens is 2. The third-order valence-electron chi connectivity index (χ3n) is 4.03. The van der Waals surface area contributed by atoms with Crippen LogP contribution in [0.25, 0.3) is 0 Å². The van der Waals surface area contributed by atoms with Gasteiger partial charge in [-0.1, -0.05) is 13.3 Å². The van der Waals surface area contributed by atoms with Gasteiger partial charge in [-0.2, -0.15) is 0 Å². The van der Waals surface area contributed by atoms with Gasteiger partial charge in [0.1, 0.15) is 6.54 Å². The molecule has 1 aliphatic rings. The molecule has 1 heterocycles. The lowest BCUT2D eigenvalue weighted by molar-refractivity contribution is -0.132. The molecule has 0 bridgehead atoms. The van der Waals surface area contributed by atoms with Gasteiger partial charge in [-0.3, -0.25) is 9.59 Å². The molecule has 1 aromatic rings. The van der Waals surface area contributed by atoms with Crippen molar-refractivity contribution in [1.29, 1.82) is 0 Å². The Morgan fingerprint density at radius 2 is 1.92 bits per heavy atom. The van der Waals surface area contributed by atoms with Crippen molar-refractivity contribution in [3.8, 4) is 0 Å². The van der Waals surface area contributed by atoms with Crippen molar-refractivity contribution in [3.05, 3.63) is 35.4 Å². The minimum atomic E-state index is -1.07. The summed E-state index contributed by atoms with van der Waals surface area (Å²) in [6, 6.07) is 3.06. The fourth-order valence-electron chi connectivity index (χ4n) is 2.59. The van der Waals surface area contributed by atoms with Gasteiger partial charge in [-0.05, 0) is 24.6 Å². The van der Waals surface area contributed by atoms with Gasteiger partial charge >= 0.3 is 0 Å². The Bertz CT molecular complexity index is 589. The van der Waals surface area contributed by atoms with Crippen LogP contribution < -0.4 is 5.32 Å². The lowest BCUT2D eigenvalue weighted by Gasteiger charge is -2.30. The fourth-order valence-corrected chi connectivity index (χ4v) is 2.59. The standard InChI is InChI=1S/C17H23F2N3O2/c1-2-3-8-22(12-16(23)21-9-6-20-7-10-21)17(24)13-4-5-14(18)15(19)11-13/h4-5,11,20H,2-3,6-10,12H2,1H3. The summed E-state index contributed by atoms with van der Waals surface area (Å²) in [5, 5.41) is 3.17. The molecule has 0 atom stereocenters. The van der Waals surface area contributed by atoms with E-state index in [1.807, 2.05) is 6.92 Å². The van der Waals surface area contributed by atoms with Crippen LogP contribution in [0.5, 0.6) is 0 Å². The van der Waals surface area contributed by atoms with Gasteiger partial charge in [0.25, 0.3) is 5.91 Å². The largest absolute Gasteiger partial charge is 0.339 e. The van der Waals surface area contributed by atoms with E-state index in [1.54, 1.807) is 4.90 Å². The third-order valence-corrected chi connectivity index (χ3v) is 4.03. The maximum Gasteiger partial charge on any atom is 0.254 e. The van der Waals surface area contributed by atoms with Crippen LogP contribution in [-0.4, -0.2) is 60.9 Å². The Morgan fingerprint density at radius 1 is 1.21 bits per heavy atom. The number of benzene rings is 1. The van der Waals surface area contributed by atoms with Crippen molar-refractivity contribution in [3.63, 3.8) is 0 Å². The highest BCUT2D eigenvalue weighted by Gasteiger charge is 2.23. The summed E-state index contributed by atoms with van der Waals surface area (Å²) in [4.78, 5) is 28.1. The molecule has 0 unspecified atom stereocenters. The molecule has 2 rings (SSSR count). The third kappa shape index (κ3) is 4.74. The number of nitrogens with one attached hydrogen (secondary N) is 1. The van der Waals surface area contributed by atoms with Gasteiger partial charge in [-0.25, -0.2) is 8.78 Å². The van der Waals surface area contributed by atoms with E-state index < -0.39 is 17.5 Å². The molecule has 1 saturated heterocycles. The Labute approximate surface area is 140 Å². The van der Waals surface area contributed by atoms with Crippen LogP contribution in [-0.2, 0) is 4.79 Å². The second-order valence-corrected chi connectivity index (χ2v) is 5.84. The van der Waals surface area contributed by atoms with Crippen molar-refractivity contribution in [2.24, 2.45) is 0 Å². The first kappa shape index (κ1) is 18.3. The van der Waals surface area contributed by atoms with Crippen molar-refractivity contribution in [2.75, 3.05) is 39.3 Å². The van der Waals surface area contributed by atoms with E-state index in [0.717, 1.165) is 38.1 Å². The number of nitrogens with zero attached hydrogens (tertiary/aromatic N) is 2. The van der Waals surface area contributed by atoms with E-state index in [1.165, 1.54) is 11.0 Å². The van der Waals surface area contributed by atoms with Crippen LogP contribution in [0.2, 0.25) is 0 Å². The van der Waals surface area contributed by atoms with Gasteiger partial charge < -0.3 is 15.1 Å². The SMILES string of the molecule is CCCCN(CC(=O)N1CCNCC1)C(=O)c1ccc(F)c(F)c1. The van der Waals surface area contributed by atoms with Gasteiger partial charge in [0.15, 0.2) is 11.6 Å². The first-order valence-electron chi connectivity index (χ1n) is 8.25. The Hall–Kier alpha value is -2.02. The molecule has 1 aliphatic heterocycles. The van der Waals surface area contributed by atoms with Crippen LogP contribution in [0.1, 0.15) is 30.1 Å². The van der Waals surface area contributed by atoms with Crippen molar-refractivity contribution >= 4 is 11.8 Å². The molecule has 132 valence electrons. The average molecular weight is 339 g/mol. The molecular weight excluding hydrogens is 316 g/mol. The highest BCUT2D eigenvalue weighted by molar-refractivity contribution is 5.96. The zero-order chi connectivity index (χ0) is 17.5. The Kier molecular flexibility index (Phi) is 6.66. The molecule has 0 radical (unpaired) electrons. The summed E-state index contributed by atoms with van der Waals surface area (Å²) in [6.45, 7) is 5.04. The normalized spacial score (nSPS) is 14.5. The van der Waals surface area contributed by atoms with Crippen molar-refractivity contribution in [2.45, 2.75) is 19.8 Å². The van der Waals surface area contributed by atoms with Crippen LogP contribution in [0.4, 0.5) is 8.78 Å². The van der Waals surface area contributed by atoms with E-state index in [9.17, 15) is 18.4 Å². The maximum absolute atomic E-state index is 13.4. The summed E-state index contributed by atoms with van der Waals surface area (Å²) in [7, 11) is 0. The molecule has 2 amide bonds. The Balaban J connectivity index is 2.09. The number of amides is 2. The van der Waals surface area contributed by atoms with Crippen LogP contribution >= 0.6 is 0 Å². The molecule has 1 N–H and O–H groups in total. The van der Waals surface area contributed by atoms with Gasteiger partial charge in [-0.15, -0.1) is 0 Å². The van der Waals surface area contributed by atoms with Crippen LogP contribution in [0.15, 0.2) is 18.2 Å². The molecule has 7 heteroatoms. The number of rotatable bonds is 6. The second kappa shape index (κ2) is 8.73. The van der Waals surface area contributed by atoms with Crippen LogP contribution in [0.3, 0.4) is 0 Å². The van der Waals surface area contributed by atoms with E-state index in [0.29, 0.717) is 19.6 Å². The number of unbranched alkanes of at least 4 members (excludes halogenated alkanes) is 1. The van der Waals surface area contributed by atoms with E-state index >= 15 is 0 Å². The van der Waals surface area contributed by atoms with E-state index in [4.69, 9.17) is 0 Å². The smallest absolute Gasteiger partial charge is 0.254 e. The monoisotopic (exact) mass is 339 g/mol. The lowest BCUT2D eigenvalue weighted by atomic mass is 10.1. The quantitative estimate of drug-likeness (QED) is 0.857. The fraction of sp³-hybridized carbons (Fsp3) is 0.529. The van der Waals surface area contributed by atoms with Gasteiger partial charge in [0, 0.05) is 38.3 Å². The number of carbonyl (C=O) groups excluding carboxylic acids is 2. The first-order chi connectivity index (χ1) is 11.5. The van der Waals surface area contributed by atoms with Gasteiger partial charge in [0.05, 0.1) is 0 Å². The second-order valence-electron chi connectivity index (χ2n) is 5.84. The average Bonchev–Trinajstić information content (AvgIpc) is 2.61. The molecule has 0 aromatic heterocycles. The summed E-state index contributed by atoms with van der Waals surface area (Å²) in [6.07, 6.45) is 1.60. The molecule has 1 aromatic carbocycles. The van der Waals surface area contributed by atoms with E-state index in [-0.39, 0.29) is 18.0 Å². The summed E-state index contributed by atoms with van der Waals surface area (Å²) < 4.78 is 26.4. The molecule has 1 fully saturated rings. The highest BCUT2D eigenvalue weighted by atomic mass is 19.2. The topological polar surface area (TPSA) is 52.7 Å². The summed E-state index contributed by atoms with van der Waals surface area (Å²) >= 11 is 0. The first-order valence-corrected chi connectivity index (χ1v) is 8.25. The Morgan fingerprint density at radius 3 is 2.54 bits per heavy atom. The van der Waals surface area contributed by atoms with Crippen LogP contribution in [0, 0.1) is 11.6 Å². The maximum atomic E-state index is 13.4. The molecule has 24 heavy (non-hydrogen) atoms. The molecular formula is C17H23F2N3O2. The predicted molar refractivity (Wildman–Crippen MR) is 86.6 cm³/mol. The zero-order valence-electron chi connectivity index (χ0n) is 13.9. The minimum Gasteiger partial charge on any atom is -0.339 e.